The second kappa shape index (κ2) is 14.1. The van der Waals surface area contributed by atoms with Crippen molar-refractivity contribution in [3.05, 3.63) is 47.6 Å². The summed E-state index contributed by atoms with van der Waals surface area (Å²) in [6, 6.07) is 8.09. The number of aromatic amines is 1. The van der Waals surface area contributed by atoms with Crippen molar-refractivity contribution >= 4 is 27.9 Å². The van der Waals surface area contributed by atoms with Crippen LogP contribution in [0.4, 0.5) is 18.9 Å². The number of aliphatic hydroxyl groups is 1. The number of nitrogens with one attached hydrogen (secondary N) is 3. The summed E-state index contributed by atoms with van der Waals surface area (Å²) in [5.74, 6) is -0.165. The van der Waals surface area contributed by atoms with Gasteiger partial charge in [0.25, 0.3) is 0 Å². The van der Waals surface area contributed by atoms with E-state index in [0.717, 1.165) is 46.1 Å². The van der Waals surface area contributed by atoms with Gasteiger partial charge >= 0.3 is 6.36 Å². The molecule has 0 spiro atoms. The maximum Gasteiger partial charge on any atom is 0.573 e. The minimum Gasteiger partial charge on any atom is -0.491 e. The number of H-pyrrole nitrogens is 1. The quantitative estimate of drug-likeness (QED) is 0.146. The molecule has 2 aromatic carbocycles. The van der Waals surface area contributed by atoms with E-state index in [2.05, 4.69) is 35.8 Å². The first-order chi connectivity index (χ1) is 18.9. The maximum atomic E-state index is 12.6. The number of ether oxygens (including phenoxy) is 3. The Morgan fingerprint density at radius 1 is 1.00 bits per heavy atom. The lowest BCUT2D eigenvalue weighted by molar-refractivity contribution is -0.274. The first-order valence-electron chi connectivity index (χ1n) is 12.3. The molecule has 0 aliphatic heterocycles. The first kappa shape index (κ1) is 28.5. The number of aromatic nitrogens is 4. The van der Waals surface area contributed by atoms with Crippen LogP contribution in [0.15, 0.2) is 42.0 Å². The van der Waals surface area contributed by atoms with Crippen molar-refractivity contribution in [1.82, 2.24) is 25.7 Å². The number of anilines is 1. The number of hydrogen-bond acceptors (Lipinski definition) is 10. The number of unbranched alkanes of at least 4 members (excludes halogenated alkanes) is 1. The highest BCUT2D eigenvalue weighted by molar-refractivity contribution is 7.12. The molecule has 10 nitrogen and oxygen atoms in total. The Morgan fingerprint density at radius 2 is 1.87 bits per heavy atom. The zero-order valence-electron chi connectivity index (χ0n) is 21.0. The SMILES string of the molecule is OCCOc1cc(CNCCCCOCCNc2cc(-c3nncs3)cc3[nH]ncc23)cc(OC(F)(F)F)c1. The van der Waals surface area contributed by atoms with Crippen LogP contribution in [0, 0.1) is 0 Å². The van der Waals surface area contributed by atoms with E-state index in [4.69, 9.17) is 14.6 Å². The van der Waals surface area contributed by atoms with Crippen LogP contribution in [0.25, 0.3) is 21.5 Å². The Kier molecular flexibility index (Phi) is 10.3. The molecule has 14 heteroatoms. The van der Waals surface area contributed by atoms with Crippen LogP contribution in [-0.2, 0) is 11.3 Å². The lowest BCUT2D eigenvalue weighted by atomic mass is 10.1. The molecule has 39 heavy (non-hydrogen) atoms. The van der Waals surface area contributed by atoms with E-state index < -0.39 is 6.36 Å². The second-order valence-corrected chi connectivity index (χ2v) is 9.29. The Balaban J connectivity index is 1.14. The minimum atomic E-state index is -4.80. The largest absolute Gasteiger partial charge is 0.573 e. The van der Waals surface area contributed by atoms with Gasteiger partial charge in [0.05, 0.1) is 24.9 Å². The standard InChI is InChI=1S/C25H29F3N6O4S/c26-25(27,28)38-20-10-17(9-19(13-20)37-8-5-35)14-29-3-1-2-6-36-7-4-30-22-11-18(24-34-32-16-39-24)12-23-21(22)15-31-33-23/h9-13,15-16,29-30,35H,1-8,14H2,(H,31,33). The smallest absolute Gasteiger partial charge is 0.491 e. The average molecular weight is 567 g/mol. The summed E-state index contributed by atoms with van der Waals surface area (Å²) in [6.07, 6.45) is -1.37. The van der Waals surface area contributed by atoms with Gasteiger partial charge in [0.2, 0.25) is 0 Å². The van der Waals surface area contributed by atoms with Crippen LogP contribution >= 0.6 is 11.3 Å². The second-order valence-electron chi connectivity index (χ2n) is 8.45. The lowest BCUT2D eigenvalue weighted by Crippen LogP contribution is -2.18. The Hall–Kier alpha value is -3.46. The van der Waals surface area contributed by atoms with E-state index in [1.54, 1.807) is 17.8 Å². The molecule has 4 rings (SSSR count). The Bertz CT molecular complexity index is 1300. The molecule has 0 aliphatic carbocycles. The summed E-state index contributed by atoms with van der Waals surface area (Å²) in [7, 11) is 0. The van der Waals surface area contributed by atoms with Crippen molar-refractivity contribution in [3.8, 4) is 22.1 Å². The molecule has 0 radical (unpaired) electrons. The van der Waals surface area contributed by atoms with Gasteiger partial charge in [-0.15, -0.1) is 23.4 Å². The average Bonchev–Trinajstić information content (AvgIpc) is 3.60. The number of halogens is 3. The molecule has 0 saturated carbocycles. The van der Waals surface area contributed by atoms with Crippen molar-refractivity contribution in [2.75, 3.05) is 44.8 Å². The zero-order valence-corrected chi connectivity index (χ0v) is 21.8. The monoisotopic (exact) mass is 566 g/mol. The number of benzene rings is 2. The molecule has 4 aromatic rings. The molecule has 2 heterocycles. The Morgan fingerprint density at radius 3 is 2.67 bits per heavy atom. The topological polar surface area (TPSA) is 126 Å². The normalized spacial score (nSPS) is 11.7. The highest BCUT2D eigenvalue weighted by Gasteiger charge is 2.31. The van der Waals surface area contributed by atoms with Gasteiger partial charge in [0, 0.05) is 42.4 Å². The molecule has 2 aromatic heterocycles. The molecule has 0 aliphatic rings. The summed E-state index contributed by atoms with van der Waals surface area (Å²) < 4.78 is 52.9. The fourth-order valence-electron chi connectivity index (χ4n) is 3.84. The number of hydrogen-bond donors (Lipinski definition) is 4. The van der Waals surface area contributed by atoms with Crippen LogP contribution in [0.3, 0.4) is 0 Å². The summed E-state index contributed by atoms with van der Waals surface area (Å²) in [6.45, 7) is 2.46. The minimum absolute atomic E-state index is 0.0255. The van der Waals surface area contributed by atoms with Gasteiger partial charge in [-0.1, -0.05) is 11.3 Å². The molecule has 210 valence electrons. The molecule has 0 saturated heterocycles. The zero-order chi connectivity index (χ0) is 27.5. The third-order valence-electron chi connectivity index (χ3n) is 5.48. The van der Waals surface area contributed by atoms with Crippen LogP contribution in [-0.4, -0.2) is 71.4 Å². The van der Waals surface area contributed by atoms with E-state index in [1.807, 2.05) is 12.1 Å². The maximum absolute atomic E-state index is 12.6. The predicted molar refractivity (Wildman–Crippen MR) is 141 cm³/mol. The van der Waals surface area contributed by atoms with Crippen LogP contribution in [0.2, 0.25) is 0 Å². The predicted octanol–water partition coefficient (Wildman–Crippen LogP) is 4.35. The Labute approximate surface area is 226 Å². The van der Waals surface area contributed by atoms with Crippen molar-refractivity contribution in [2.45, 2.75) is 25.7 Å². The molecule has 0 atom stereocenters. The van der Waals surface area contributed by atoms with Crippen LogP contribution in [0.1, 0.15) is 18.4 Å². The van der Waals surface area contributed by atoms with Gasteiger partial charge in [-0.3, -0.25) is 5.10 Å². The molecule has 4 N–H and O–H groups in total. The molecular weight excluding hydrogens is 537 g/mol. The fraction of sp³-hybridized carbons (Fsp3) is 0.400. The molecule has 0 unspecified atom stereocenters. The first-order valence-corrected chi connectivity index (χ1v) is 13.2. The van der Waals surface area contributed by atoms with Gasteiger partial charge < -0.3 is 30.0 Å². The molecule has 0 fully saturated rings. The number of alkyl halides is 3. The molecule has 0 bridgehead atoms. The molecular formula is C25H29F3N6O4S. The number of aliphatic hydroxyl groups excluding tert-OH is 1. The van der Waals surface area contributed by atoms with Crippen molar-refractivity contribution < 1.29 is 32.5 Å². The van der Waals surface area contributed by atoms with E-state index in [-0.39, 0.29) is 24.7 Å². The van der Waals surface area contributed by atoms with Gasteiger partial charge in [-0.05, 0) is 49.2 Å². The summed E-state index contributed by atoms with van der Waals surface area (Å²) in [4.78, 5) is 0. The van der Waals surface area contributed by atoms with Gasteiger partial charge in [-0.2, -0.15) is 5.10 Å². The van der Waals surface area contributed by atoms with E-state index in [1.165, 1.54) is 17.4 Å². The van der Waals surface area contributed by atoms with Crippen LogP contribution < -0.4 is 20.1 Å². The highest BCUT2D eigenvalue weighted by atomic mass is 32.1. The van der Waals surface area contributed by atoms with Gasteiger partial charge in [0.15, 0.2) is 0 Å². The number of rotatable bonds is 16. The number of nitrogens with zero attached hydrogens (tertiary/aromatic N) is 3. The molecule has 0 amide bonds. The summed E-state index contributed by atoms with van der Waals surface area (Å²) in [5, 5.41) is 32.5. The van der Waals surface area contributed by atoms with Crippen molar-refractivity contribution in [2.24, 2.45) is 0 Å². The fourth-order valence-corrected chi connectivity index (χ4v) is 4.38. The van der Waals surface area contributed by atoms with Crippen molar-refractivity contribution in [1.29, 1.82) is 0 Å². The third-order valence-corrected chi connectivity index (χ3v) is 6.22. The lowest BCUT2D eigenvalue weighted by Gasteiger charge is -2.13. The van der Waals surface area contributed by atoms with Gasteiger partial charge in [-0.25, -0.2) is 0 Å². The summed E-state index contributed by atoms with van der Waals surface area (Å²) in [5.41, 5.74) is 5.08. The number of fused-ring (bicyclic) bond motifs is 1. The van der Waals surface area contributed by atoms with E-state index in [9.17, 15) is 13.2 Å². The van der Waals surface area contributed by atoms with E-state index >= 15 is 0 Å². The van der Waals surface area contributed by atoms with Crippen LogP contribution in [0.5, 0.6) is 11.5 Å². The van der Waals surface area contributed by atoms with Crippen molar-refractivity contribution in [3.63, 3.8) is 0 Å². The highest BCUT2D eigenvalue weighted by Crippen LogP contribution is 2.31. The third kappa shape index (κ3) is 9.06. The van der Waals surface area contributed by atoms with Gasteiger partial charge in [0.1, 0.15) is 28.6 Å². The van der Waals surface area contributed by atoms with E-state index in [0.29, 0.717) is 38.4 Å². The summed E-state index contributed by atoms with van der Waals surface area (Å²) >= 11 is 1.47.